The lowest BCUT2D eigenvalue weighted by molar-refractivity contribution is -0.141. The minimum Gasteiger partial charge on any atom is -0.350 e. The molecule has 0 spiro atoms. The molecule has 0 radical (unpaired) electrons. The van der Waals surface area contributed by atoms with E-state index in [1.807, 2.05) is 33.8 Å². The lowest BCUT2D eigenvalue weighted by Gasteiger charge is -2.35. The Hall–Kier alpha value is -2.58. The molecule has 192 valence electrons. The van der Waals surface area contributed by atoms with Crippen LogP contribution in [0.15, 0.2) is 42.5 Å². The molecule has 0 saturated heterocycles. The Bertz CT molecular complexity index is 1160. The van der Waals surface area contributed by atoms with Crippen molar-refractivity contribution in [3.63, 3.8) is 0 Å². The number of sulfonamides is 1. The molecule has 0 fully saturated rings. The zero-order chi connectivity index (χ0) is 26.6. The number of nitrogens with zero attached hydrogens (tertiary/aromatic N) is 2. The Kier molecular flexibility index (Phi) is 9.36. The number of anilines is 1. The molecule has 0 aliphatic carbocycles. The van der Waals surface area contributed by atoms with Crippen LogP contribution in [-0.2, 0) is 26.2 Å². The van der Waals surface area contributed by atoms with Gasteiger partial charge in [0.25, 0.3) is 0 Å². The predicted molar refractivity (Wildman–Crippen MR) is 142 cm³/mol. The molecule has 0 aromatic heterocycles. The number of benzene rings is 2. The number of para-hydroxylation sites is 1. The van der Waals surface area contributed by atoms with Crippen LogP contribution in [0.2, 0.25) is 5.02 Å². The van der Waals surface area contributed by atoms with E-state index < -0.39 is 34.1 Å². The molecular formula is C26H36ClN3O4S. The van der Waals surface area contributed by atoms with Crippen molar-refractivity contribution >= 4 is 39.1 Å². The molecule has 2 rings (SSSR count). The summed E-state index contributed by atoms with van der Waals surface area (Å²) in [4.78, 5) is 28.4. The first-order valence-corrected chi connectivity index (χ1v) is 13.8. The van der Waals surface area contributed by atoms with E-state index in [-0.39, 0.29) is 12.5 Å². The number of carbonyl (C=O) groups is 2. The molecule has 2 aromatic rings. The van der Waals surface area contributed by atoms with Crippen LogP contribution < -0.4 is 9.62 Å². The lowest BCUT2D eigenvalue weighted by atomic mass is 10.1. The van der Waals surface area contributed by atoms with Gasteiger partial charge in [0, 0.05) is 17.1 Å². The molecule has 2 amide bonds. The quantitative estimate of drug-likeness (QED) is 0.528. The van der Waals surface area contributed by atoms with E-state index >= 15 is 0 Å². The van der Waals surface area contributed by atoms with Gasteiger partial charge >= 0.3 is 0 Å². The van der Waals surface area contributed by atoms with Crippen LogP contribution in [-0.4, -0.2) is 49.5 Å². The normalized spacial score (nSPS) is 12.7. The molecule has 1 atom stereocenters. The third-order valence-corrected chi connectivity index (χ3v) is 7.03. The molecular weight excluding hydrogens is 486 g/mol. The van der Waals surface area contributed by atoms with Gasteiger partial charge in [-0.05, 0) is 63.8 Å². The highest BCUT2D eigenvalue weighted by Gasteiger charge is 2.33. The van der Waals surface area contributed by atoms with Gasteiger partial charge in [-0.25, -0.2) is 8.42 Å². The van der Waals surface area contributed by atoms with E-state index in [9.17, 15) is 18.0 Å². The molecule has 1 N–H and O–H groups in total. The molecule has 0 aliphatic rings. The fraction of sp³-hybridized carbons (Fsp3) is 0.462. The molecule has 0 aliphatic heterocycles. The Morgan fingerprint density at radius 2 is 1.60 bits per heavy atom. The molecule has 7 nitrogen and oxygen atoms in total. The zero-order valence-corrected chi connectivity index (χ0v) is 23.1. The summed E-state index contributed by atoms with van der Waals surface area (Å²) >= 11 is 6.38. The molecule has 0 heterocycles. The average Bonchev–Trinajstić information content (AvgIpc) is 2.72. The number of nitrogens with one attached hydrogen (secondary N) is 1. The van der Waals surface area contributed by atoms with Crippen LogP contribution in [0.3, 0.4) is 0 Å². The molecule has 0 bridgehead atoms. The van der Waals surface area contributed by atoms with Crippen molar-refractivity contribution in [3.05, 3.63) is 64.2 Å². The highest BCUT2D eigenvalue weighted by Crippen LogP contribution is 2.28. The summed E-state index contributed by atoms with van der Waals surface area (Å²) in [7, 11) is -3.79. The molecule has 9 heteroatoms. The summed E-state index contributed by atoms with van der Waals surface area (Å²) in [5.41, 5.74) is 2.10. The van der Waals surface area contributed by atoms with Crippen molar-refractivity contribution in [2.24, 2.45) is 0 Å². The van der Waals surface area contributed by atoms with Gasteiger partial charge in [-0.1, -0.05) is 54.9 Å². The zero-order valence-electron chi connectivity index (χ0n) is 21.6. The number of carbonyl (C=O) groups excluding carboxylic acids is 2. The summed E-state index contributed by atoms with van der Waals surface area (Å²) in [6.07, 6.45) is 1.43. The highest BCUT2D eigenvalue weighted by atomic mass is 35.5. The highest BCUT2D eigenvalue weighted by molar-refractivity contribution is 7.92. The topological polar surface area (TPSA) is 86.8 Å². The Balaban J connectivity index is 2.53. The summed E-state index contributed by atoms with van der Waals surface area (Å²) in [6, 6.07) is 11.7. The standard InChI is InChI=1S/C26H36ClN3O4S/c1-8-22(25(32)28-26(4,5)6)29(16-20-14-9-10-15-21(20)27)23(31)17-30(35(7,33)34)24-18(2)12-11-13-19(24)3/h9-15,22H,8,16-17H2,1-7H3,(H,28,32)/t22-/m1/s1. The number of aryl methyl sites for hydroxylation is 2. The van der Waals surface area contributed by atoms with Gasteiger partial charge in [-0.3, -0.25) is 13.9 Å². The third-order valence-electron chi connectivity index (χ3n) is 5.55. The number of amides is 2. The van der Waals surface area contributed by atoms with Gasteiger partial charge in [0.05, 0.1) is 11.9 Å². The molecule has 2 aromatic carbocycles. The van der Waals surface area contributed by atoms with E-state index in [0.717, 1.165) is 21.7 Å². The van der Waals surface area contributed by atoms with Gasteiger partial charge in [-0.2, -0.15) is 0 Å². The van der Waals surface area contributed by atoms with Crippen molar-refractivity contribution < 1.29 is 18.0 Å². The van der Waals surface area contributed by atoms with Crippen LogP contribution >= 0.6 is 11.6 Å². The number of hydrogen-bond acceptors (Lipinski definition) is 4. The van der Waals surface area contributed by atoms with Crippen LogP contribution in [0.4, 0.5) is 5.69 Å². The first kappa shape index (κ1) is 28.7. The van der Waals surface area contributed by atoms with Crippen molar-refractivity contribution in [1.29, 1.82) is 0 Å². The number of halogens is 1. The first-order valence-electron chi connectivity index (χ1n) is 11.5. The maximum absolute atomic E-state index is 13.8. The van der Waals surface area contributed by atoms with Crippen LogP contribution in [0.5, 0.6) is 0 Å². The largest absolute Gasteiger partial charge is 0.350 e. The second kappa shape index (κ2) is 11.4. The average molecular weight is 522 g/mol. The second-order valence-electron chi connectivity index (χ2n) is 9.79. The van der Waals surface area contributed by atoms with E-state index in [2.05, 4.69) is 5.32 Å². The van der Waals surface area contributed by atoms with Gasteiger partial charge in [-0.15, -0.1) is 0 Å². The predicted octanol–water partition coefficient (Wildman–Crippen LogP) is 4.44. The monoisotopic (exact) mass is 521 g/mol. The fourth-order valence-corrected chi connectivity index (χ4v) is 5.12. The molecule has 35 heavy (non-hydrogen) atoms. The maximum Gasteiger partial charge on any atom is 0.244 e. The van der Waals surface area contributed by atoms with Crippen molar-refractivity contribution in [2.45, 2.75) is 66.1 Å². The van der Waals surface area contributed by atoms with Crippen molar-refractivity contribution in [2.75, 3.05) is 17.1 Å². The van der Waals surface area contributed by atoms with Gasteiger partial charge < -0.3 is 10.2 Å². The molecule has 0 unspecified atom stereocenters. The molecule has 0 saturated carbocycles. The van der Waals surface area contributed by atoms with Gasteiger partial charge in [0.15, 0.2) is 0 Å². The van der Waals surface area contributed by atoms with E-state index in [1.54, 1.807) is 50.2 Å². The minimum atomic E-state index is -3.79. The first-order chi connectivity index (χ1) is 16.2. The Morgan fingerprint density at radius 3 is 2.09 bits per heavy atom. The maximum atomic E-state index is 13.8. The lowest BCUT2D eigenvalue weighted by Crippen LogP contribution is -2.55. The van der Waals surface area contributed by atoms with Crippen LogP contribution in [0.1, 0.15) is 50.8 Å². The van der Waals surface area contributed by atoms with Crippen molar-refractivity contribution in [3.8, 4) is 0 Å². The smallest absolute Gasteiger partial charge is 0.244 e. The van der Waals surface area contributed by atoms with Crippen LogP contribution in [0.25, 0.3) is 0 Å². The summed E-state index contributed by atoms with van der Waals surface area (Å²) in [5, 5.41) is 3.41. The van der Waals surface area contributed by atoms with Crippen molar-refractivity contribution in [1.82, 2.24) is 10.2 Å². The summed E-state index contributed by atoms with van der Waals surface area (Å²) in [5.74, 6) is -0.799. The van der Waals surface area contributed by atoms with Crippen LogP contribution in [0, 0.1) is 13.8 Å². The summed E-state index contributed by atoms with van der Waals surface area (Å²) < 4.78 is 26.8. The Labute approximate surface area is 214 Å². The SMILES string of the molecule is CC[C@H](C(=O)NC(C)(C)C)N(Cc1ccccc1Cl)C(=O)CN(c1c(C)cccc1C)S(C)(=O)=O. The third kappa shape index (κ3) is 7.70. The number of hydrogen-bond donors (Lipinski definition) is 1. The minimum absolute atomic E-state index is 0.0684. The van der Waals surface area contributed by atoms with Gasteiger partial charge in [0.1, 0.15) is 12.6 Å². The van der Waals surface area contributed by atoms with E-state index in [1.165, 1.54) is 4.90 Å². The fourth-order valence-electron chi connectivity index (χ4n) is 3.96. The second-order valence-corrected chi connectivity index (χ2v) is 12.1. The Morgan fingerprint density at radius 1 is 1.03 bits per heavy atom. The number of rotatable bonds is 9. The summed E-state index contributed by atoms with van der Waals surface area (Å²) in [6.45, 7) is 10.7. The van der Waals surface area contributed by atoms with Gasteiger partial charge in [0.2, 0.25) is 21.8 Å². The van der Waals surface area contributed by atoms with E-state index in [4.69, 9.17) is 11.6 Å². The van der Waals surface area contributed by atoms with E-state index in [0.29, 0.717) is 22.7 Å².